The van der Waals surface area contributed by atoms with Crippen molar-refractivity contribution in [1.82, 2.24) is 0 Å². The Morgan fingerprint density at radius 1 is 1.11 bits per heavy atom. The van der Waals surface area contributed by atoms with Gasteiger partial charge in [-0.15, -0.1) is 0 Å². The van der Waals surface area contributed by atoms with Crippen molar-refractivity contribution in [3.8, 4) is 0 Å². The second-order valence-electron chi connectivity index (χ2n) is 5.06. The monoisotopic (exact) mass is 286 g/mol. The first-order valence-electron chi connectivity index (χ1n) is 7.28. The van der Waals surface area contributed by atoms with E-state index in [1.807, 2.05) is 0 Å². The van der Waals surface area contributed by atoms with Crippen molar-refractivity contribution in [2.75, 3.05) is 0 Å². The highest BCUT2D eigenvalue weighted by Crippen LogP contribution is 2.29. The van der Waals surface area contributed by atoms with Gasteiger partial charge < -0.3 is 5.11 Å². The molecule has 1 rings (SSSR count). The van der Waals surface area contributed by atoms with E-state index >= 15 is 0 Å². The zero-order chi connectivity index (χ0) is 14.1. The predicted molar refractivity (Wildman–Crippen MR) is 79.0 cm³/mol. The van der Waals surface area contributed by atoms with Crippen molar-refractivity contribution in [2.24, 2.45) is 0 Å². The van der Waals surface area contributed by atoms with E-state index in [2.05, 4.69) is 6.92 Å². The smallest absolute Gasteiger partial charge is 0.130 e. The summed E-state index contributed by atoms with van der Waals surface area (Å²) in [5, 5.41) is 10.3. The highest BCUT2D eigenvalue weighted by Gasteiger charge is 2.15. The van der Waals surface area contributed by atoms with Crippen molar-refractivity contribution in [3.05, 3.63) is 34.6 Å². The third kappa shape index (κ3) is 5.92. The molecule has 0 fully saturated rings. The molecule has 1 N–H and O–H groups in total. The Labute approximate surface area is 120 Å². The van der Waals surface area contributed by atoms with E-state index in [4.69, 9.17) is 11.6 Å². The number of aliphatic hydroxyl groups is 1. The summed E-state index contributed by atoms with van der Waals surface area (Å²) in [7, 11) is 0. The van der Waals surface area contributed by atoms with Gasteiger partial charge in [0.25, 0.3) is 0 Å². The molecule has 0 saturated heterocycles. The Kier molecular flexibility index (Phi) is 8.08. The summed E-state index contributed by atoms with van der Waals surface area (Å²) in [6, 6.07) is 4.52. The molecule has 0 aromatic heterocycles. The summed E-state index contributed by atoms with van der Waals surface area (Å²) in [6.45, 7) is 2.20. The average molecular weight is 287 g/mol. The van der Waals surface area contributed by atoms with Crippen molar-refractivity contribution in [2.45, 2.75) is 64.4 Å². The van der Waals surface area contributed by atoms with Gasteiger partial charge >= 0.3 is 0 Å². The number of hydrogen-bond acceptors (Lipinski definition) is 1. The van der Waals surface area contributed by atoms with Crippen LogP contribution in [0.1, 0.15) is 70.0 Å². The molecule has 0 spiro atoms. The SMILES string of the molecule is CCCCCCCCCC(O)c1c(F)cccc1Cl. The Bertz CT molecular complexity index is 348. The van der Waals surface area contributed by atoms with Gasteiger partial charge in [0.05, 0.1) is 6.10 Å². The highest BCUT2D eigenvalue weighted by molar-refractivity contribution is 6.31. The Hall–Kier alpha value is -0.600. The van der Waals surface area contributed by atoms with Crippen LogP contribution in [0.5, 0.6) is 0 Å². The summed E-state index contributed by atoms with van der Waals surface area (Å²) in [5.74, 6) is -0.414. The standard InChI is InChI=1S/C16H24ClFO/c1-2-3-4-5-6-7-8-12-15(19)16-13(17)10-9-11-14(16)18/h9-11,15,19H,2-8,12H2,1H3. The van der Waals surface area contributed by atoms with Crippen molar-refractivity contribution in [3.63, 3.8) is 0 Å². The van der Waals surface area contributed by atoms with Crippen molar-refractivity contribution >= 4 is 11.6 Å². The second kappa shape index (κ2) is 9.33. The van der Waals surface area contributed by atoms with Crippen LogP contribution in [0, 0.1) is 5.82 Å². The molecule has 0 radical (unpaired) electrons. The zero-order valence-corrected chi connectivity index (χ0v) is 12.4. The summed E-state index contributed by atoms with van der Waals surface area (Å²) in [4.78, 5) is 0. The molecule has 0 aliphatic heterocycles. The molecule has 0 saturated carbocycles. The van der Waals surface area contributed by atoms with E-state index in [1.54, 1.807) is 12.1 Å². The molecule has 0 aliphatic carbocycles. The molecule has 0 bridgehead atoms. The van der Waals surface area contributed by atoms with Crippen LogP contribution in [0.2, 0.25) is 5.02 Å². The van der Waals surface area contributed by atoms with Crippen LogP contribution in [0.4, 0.5) is 4.39 Å². The molecule has 1 atom stereocenters. The number of rotatable bonds is 9. The molecule has 0 aliphatic rings. The van der Waals surface area contributed by atoms with Crippen LogP contribution < -0.4 is 0 Å². The molecule has 1 nitrogen and oxygen atoms in total. The van der Waals surface area contributed by atoms with Crippen LogP contribution in [0.15, 0.2) is 18.2 Å². The van der Waals surface area contributed by atoms with Gasteiger partial charge in [-0.3, -0.25) is 0 Å². The normalized spacial score (nSPS) is 12.6. The molecule has 108 valence electrons. The molecule has 1 aromatic rings. The van der Waals surface area contributed by atoms with Crippen LogP contribution in [-0.4, -0.2) is 5.11 Å². The molecule has 3 heteroatoms. The lowest BCUT2D eigenvalue weighted by atomic mass is 10.0. The summed E-state index contributed by atoms with van der Waals surface area (Å²) >= 11 is 5.92. The van der Waals surface area contributed by atoms with E-state index in [-0.39, 0.29) is 5.56 Å². The first-order valence-corrected chi connectivity index (χ1v) is 7.66. The number of hydrogen-bond donors (Lipinski definition) is 1. The van der Waals surface area contributed by atoms with Gasteiger partial charge in [0.1, 0.15) is 5.82 Å². The fraction of sp³-hybridized carbons (Fsp3) is 0.625. The molecule has 0 heterocycles. The van der Waals surface area contributed by atoms with Crippen LogP contribution in [-0.2, 0) is 0 Å². The second-order valence-corrected chi connectivity index (χ2v) is 5.47. The summed E-state index contributed by atoms with van der Waals surface area (Å²) in [5.41, 5.74) is 0.246. The highest BCUT2D eigenvalue weighted by atomic mass is 35.5. The maximum Gasteiger partial charge on any atom is 0.130 e. The summed E-state index contributed by atoms with van der Waals surface area (Å²) in [6.07, 6.45) is 8.08. The lowest BCUT2D eigenvalue weighted by molar-refractivity contribution is 0.159. The first kappa shape index (κ1) is 16.5. The lowest BCUT2D eigenvalue weighted by Gasteiger charge is -2.13. The molecule has 0 amide bonds. The maximum absolute atomic E-state index is 13.6. The van der Waals surface area contributed by atoms with E-state index in [0.29, 0.717) is 11.4 Å². The van der Waals surface area contributed by atoms with Gasteiger partial charge in [0.2, 0.25) is 0 Å². The van der Waals surface area contributed by atoms with Crippen LogP contribution in [0.3, 0.4) is 0 Å². The number of aliphatic hydroxyl groups excluding tert-OH is 1. The largest absolute Gasteiger partial charge is 0.388 e. The number of benzene rings is 1. The Balaban J connectivity index is 2.26. The van der Waals surface area contributed by atoms with Gasteiger partial charge in [0, 0.05) is 10.6 Å². The van der Waals surface area contributed by atoms with E-state index < -0.39 is 11.9 Å². The third-order valence-electron chi connectivity index (χ3n) is 3.41. The third-order valence-corrected chi connectivity index (χ3v) is 3.74. The first-order chi connectivity index (χ1) is 9.16. The average Bonchev–Trinajstić information content (AvgIpc) is 2.37. The number of halogens is 2. The Morgan fingerprint density at radius 3 is 2.37 bits per heavy atom. The van der Waals surface area contributed by atoms with Crippen molar-refractivity contribution in [1.29, 1.82) is 0 Å². The van der Waals surface area contributed by atoms with E-state index in [0.717, 1.165) is 12.8 Å². The topological polar surface area (TPSA) is 20.2 Å². The van der Waals surface area contributed by atoms with Gasteiger partial charge in [0.15, 0.2) is 0 Å². The van der Waals surface area contributed by atoms with E-state index in [9.17, 15) is 9.50 Å². The zero-order valence-electron chi connectivity index (χ0n) is 11.7. The fourth-order valence-electron chi connectivity index (χ4n) is 2.27. The molecule has 1 unspecified atom stereocenters. The maximum atomic E-state index is 13.6. The predicted octanol–water partition coefficient (Wildman–Crippen LogP) is 5.65. The van der Waals surface area contributed by atoms with Crippen molar-refractivity contribution < 1.29 is 9.50 Å². The Morgan fingerprint density at radius 2 is 1.74 bits per heavy atom. The molecular formula is C16H24ClFO. The summed E-state index contributed by atoms with van der Waals surface area (Å²) < 4.78 is 13.6. The van der Waals surface area contributed by atoms with Gasteiger partial charge in [-0.2, -0.15) is 0 Å². The van der Waals surface area contributed by atoms with Crippen LogP contribution in [0.25, 0.3) is 0 Å². The fourth-order valence-corrected chi connectivity index (χ4v) is 2.56. The minimum atomic E-state index is -0.788. The van der Waals surface area contributed by atoms with Gasteiger partial charge in [-0.1, -0.05) is 69.5 Å². The van der Waals surface area contributed by atoms with E-state index in [1.165, 1.54) is 38.2 Å². The molecule has 1 aromatic carbocycles. The lowest BCUT2D eigenvalue weighted by Crippen LogP contribution is -2.01. The minimum absolute atomic E-state index is 0.246. The molecule has 19 heavy (non-hydrogen) atoms. The van der Waals surface area contributed by atoms with Crippen LogP contribution >= 0.6 is 11.6 Å². The molecular weight excluding hydrogens is 263 g/mol. The number of unbranched alkanes of at least 4 members (excludes halogenated alkanes) is 6. The minimum Gasteiger partial charge on any atom is -0.388 e. The van der Waals surface area contributed by atoms with Gasteiger partial charge in [-0.05, 0) is 18.6 Å². The quantitative estimate of drug-likeness (QED) is 0.581. The van der Waals surface area contributed by atoms with Gasteiger partial charge in [-0.25, -0.2) is 4.39 Å².